The van der Waals surface area contributed by atoms with Crippen molar-refractivity contribution in [3.05, 3.63) is 35.6 Å². The van der Waals surface area contributed by atoms with E-state index in [1.165, 1.54) is 19.4 Å². The number of epoxide rings is 1. The highest BCUT2D eigenvalue weighted by atomic mass is 16.7. The molecule has 0 amide bonds. The van der Waals surface area contributed by atoms with Crippen LogP contribution >= 0.6 is 0 Å². The number of fused-ring (bicyclic) bond motifs is 1. The van der Waals surface area contributed by atoms with E-state index < -0.39 is 12.4 Å². The van der Waals surface area contributed by atoms with Gasteiger partial charge in [0, 0.05) is 31.8 Å². The Balaban J connectivity index is 1.94. The molecule has 6 heteroatoms. The van der Waals surface area contributed by atoms with Crippen molar-refractivity contribution in [3.8, 4) is 0 Å². The number of carbonyl (C=O) groups is 2. The molecule has 0 aromatic heterocycles. The highest BCUT2D eigenvalue weighted by Gasteiger charge is 2.51. The monoisotopic (exact) mass is 418 g/mol. The maximum Gasteiger partial charge on any atom is 0.305 e. The highest BCUT2D eigenvalue weighted by Crippen LogP contribution is 2.46. The van der Waals surface area contributed by atoms with Gasteiger partial charge in [0.05, 0.1) is 23.9 Å². The zero-order valence-corrected chi connectivity index (χ0v) is 18.7. The average Bonchev–Trinajstić information content (AvgIpc) is 3.21. The van der Waals surface area contributed by atoms with E-state index in [1.54, 1.807) is 6.26 Å². The van der Waals surface area contributed by atoms with Gasteiger partial charge < -0.3 is 18.9 Å². The number of hydrogen-bond donors (Lipinski definition) is 0. The smallest absolute Gasteiger partial charge is 0.305 e. The summed E-state index contributed by atoms with van der Waals surface area (Å²) in [4.78, 5) is 23.6. The number of rotatable bonds is 5. The number of esters is 2. The molecule has 166 valence electrons. The first-order valence-electron chi connectivity index (χ1n) is 10.8. The predicted octanol–water partition coefficient (Wildman–Crippen LogP) is 4.60. The third-order valence-electron chi connectivity index (χ3n) is 6.33. The Kier molecular flexibility index (Phi) is 6.75. The summed E-state index contributed by atoms with van der Waals surface area (Å²) < 4.78 is 22.9. The zero-order valence-electron chi connectivity index (χ0n) is 18.7. The molecule has 0 aromatic rings. The molecule has 1 fully saturated rings. The molecule has 1 aliphatic carbocycles. The number of hydrogen-bond acceptors (Lipinski definition) is 6. The molecule has 6 nitrogen and oxygen atoms in total. The maximum absolute atomic E-state index is 11.9. The molecule has 30 heavy (non-hydrogen) atoms. The Bertz CT molecular complexity index is 762. The summed E-state index contributed by atoms with van der Waals surface area (Å²) in [6, 6.07) is 0. The SMILES string of the molecule is C=C1CC/C=C(\C)CC[C@@H]2C(C(CC3OC3(C)C)OC(C)=O)=CO[C@H](OC(C)=O)[C@H]12. The first-order chi connectivity index (χ1) is 14.1. The van der Waals surface area contributed by atoms with Gasteiger partial charge in [-0.05, 0) is 46.5 Å². The van der Waals surface area contributed by atoms with Gasteiger partial charge in [-0.2, -0.15) is 0 Å². The Morgan fingerprint density at radius 2 is 1.97 bits per heavy atom. The highest BCUT2D eigenvalue weighted by molar-refractivity contribution is 5.67. The van der Waals surface area contributed by atoms with Crippen LogP contribution in [0.15, 0.2) is 35.6 Å². The number of carbonyl (C=O) groups excluding carboxylic acids is 2. The van der Waals surface area contributed by atoms with Crippen molar-refractivity contribution >= 4 is 11.9 Å². The standard InChI is InChI=1S/C24H34O6/c1-14-8-7-9-15(2)22-18(11-10-14)19(13-27-23(22)29-17(4)26)20(28-16(3)25)12-21-24(5,6)30-21/h8,13,18,20-23H,2,7,9-12H2,1,3-6H3/b14-8+/t18-,20?,21?,22-,23-/m1/s1. The molecule has 2 heterocycles. The second-order valence-electron chi connectivity index (χ2n) is 9.19. The van der Waals surface area contributed by atoms with Crippen molar-refractivity contribution in [3.63, 3.8) is 0 Å². The molecule has 0 aromatic carbocycles. The molecule has 0 radical (unpaired) electrons. The van der Waals surface area contributed by atoms with Gasteiger partial charge in [-0.25, -0.2) is 0 Å². The average molecular weight is 419 g/mol. The molecular formula is C24H34O6. The van der Waals surface area contributed by atoms with Gasteiger partial charge in [0.2, 0.25) is 6.29 Å². The van der Waals surface area contributed by atoms with E-state index in [0.29, 0.717) is 6.42 Å². The lowest BCUT2D eigenvalue weighted by Crippen LogP contribution is -2.41. The van der Waals surface area contributed by atoms with Crippen LogP contribution in [-0.4, -0.2) is 36.0 Å². The van der Waals surface area contributed by atoms with Gasteiger partial charge in [-0.1, -0.05) is 23.8 Å². The lowest BCUT2D eigenvalue weighted by Gasteiger charge is -2.40. The molecule has 2 unspecified atom stereocenters. The summed E-state index contributed by atoms with van der Waals surface area (Å²) in [7, 11) is 0. The molecular weight excluding hydrogens is 384 g/mol. The fraction of sp³-hybridized carbons (Fsp3) is 0.667. The van der Waals surface area contributed by atoms with E-state index in [0.717, 1.165) is 36.8 Å². The Labute approximate surface area is 179 Å². The van der Waals surface area contributed by atoms with Crippen LogP contribution in [0.4, 0.5) is 0 Å². The van der Waals surface area contributed by atoms with Crippen molar-refractivity contribution in [2.24, 2.45) is 11.8 Å². The van der Waals surface area contributed by atoms with Crippen molar-refractivity contribution in [2.75, 3.05) is 0 Å². The first kappa shape index (κ1) is 22.6. The van der Waals surface area contributed by atoms with Gasteiger partial charge in [0.15, 0.2) is 0 Å². The fourth-order valence-electron chi connectivity index (χ4n) is 4.58. The van der Waals surface area contributed by atoms with E-state index in [-0.39, 0.29) is 35.5 Å². The Morgan fingerprint density at radius 1 is 1.27 bits per heavy atom. The molecule has 0 bridgehead atoms. The lowest BCUT2D eigenvalue weighted by molar-refractivity contribution is -0.181. The van der Waals surface area contributed by atoms with Gasteiger partial charge in [0.1, 0.15) is 6.10 Å². The third-order valence-corrected chi connectivity index (χ3v) is 6.33. The predicted molar refractivity (Wildman–Crippen MR) is 112 cm³/mol. The van der Waals surface area contributed by atoms with Crippen LogP contribution in [0.25, 0.3) is 0 Å². The second kappa shape index (κ2) is 8.96. The third kappa shape index (κ3) is 5.34. The second-order valence-corrected chi connectivity index (χ2v) is 9.19. The Hall–Kier alpha value is -2.08. The molecule has 1 saturated heterocycles. The fourth-order valence-corrected chi connectivity index (χ4v) is 4.58. The first-order valence-corrected chi connectivity index (χ1v) is 10.8. The minimum Gasteiger partial charge on any atom is -0.462 e. The van der Waals surface area contributed by atoms with Crippen molar-refractivity contribution in [1.29, 1.82) is 0 Å². The molecule has 0 N–H and O–H groups in total. The van der Waals surface area contributed by atoms with Crippen molar-refractivity contribution in [1.82, 2.24) is 0 Å². The van der Waals surface area contributed by atoms with Crippen LogP contribution in [0.1, 0.15) is 66.7 Å². The summed E-state index contributed by atoms with van der Waals surface area (Å²) >= 11 is 0. The van der Waals surface area contributed by atoms with Gasteiger partial charge in [-0.15, -0.1) is 0 Å². The minimum absolute atomic E-state index is 0.00302. The van der Waals surface area contributed by atoms with Crippen molar-refractivity contribution in [2.45, 2.75) is 90.8 Å². The largest absolute Gasteiger partial charge is 0.462 e. The summed E-state index contributed by atoms with van der Waals surface area (Å²) in [6.45, 7) is 13.3. The maximum atomic E-state index is 11.9. The van der Waals surface area contributed by atoms with Crippen molar-refractivity contribution < 1.29 is 28.5 Å². The van der Waals surface area contributed by atoms with Crippen LogP contribution in [0, 0.1) is 11.8 Å². The van der Waals surface area contributed by atoms with Gasteiger partial charge in [0.25, 0.3) is 0 Å². The summed E-state index contributed by atoms with van der Waals surface area (Å²) in [5, 5.41) is 0. The van der Waals surface area contributed by atoms with Crippen LogP contribution in [-0.2, 0) is 28.5 Å². The molecule has 0 saturated carbocycles. The number of allylic oxidation sites excluding steroid dienone is 2. The molecule has 2 aliphatic heterocycles. The Morgan fingerprint density at radius 3 is 2.57 bits per heavy atom. The van der Waals surface area contributed by atoms with Crippen LogP contribution in [0.3, 0.4) is 0 Å². The van der Waals surface area contributed by atoms with E-state index in [1.807, 2.05) is 13.8 Å². The molecule has 5 atom stereocenters. The van der Waals surface area contributed by atoms with Crippen LogP contribution in [0.2, 0.25) is 0 Å². The lowest BCUT2D eigenvalue weighted by atomic mass is 9.74. The van der Waals surface area contributed by atoms with E-state index in [2.05, 4.69) is 19.6 Å². The van der Waals surface area contributed by atoms with Crippen LogP contribution < -0.4 is 0 Å². The van der Waals surface area contributed by atoms with E-state index in [4.69, 9.17) is 18.9 Å². The van der Waals surface area contributed by atoms with Crippen LogP contribution in [0.5, 0.6) is 0 Å². The number of ether oxygens (including phenoxy) is 4. The molecule has 3 aliphatic rings. The normalized spacial score (nSPS) is 33.2. The minimum atomic E-state index is -0.714. The molecule has 0 spiro atoms. The summed E-state index contributed by atoms with van der Waals surface area (Å²) in [5.41, 5.74) is 3.03. The van der Waals surface area contributed by atoms with Gasteiger partial charge >= 0.3 is 11.9 Å². The van der Waals surface area contributed by atoms with E-state index in [9.17, 15) is 9.59 Å². The topological polar surface area (TPSA) is 74.4 Å². The quantitative estimate of drug-likeness (QED) is 0.369. The van der Waals surface area contributed by atoms with E-state index >= 15 is 0 Å². The van der Waals surface area contributed by atoms with Gasteiger partial charge in [-0.3, -0.25) is 9.59 Å². The zero-order chi connectivity index (χ0) is 22.1. The summed E-state index contributed by atoms with van der Waals surface area (Å²) in [5.74, 6) is -0.902. The molecule has 3 rings (SSSR count). The summed E-state index contributed by atoms with van der Waals surface area (Å²) in [6.07, 6.45) is 6.77.